The van der Waals surface area contributed by atoms with Crippen LogP contribution >= 0.6 is 0 Å². The van der Waals surface area contributed by atoms with Gasteiger partial charge in [-0.3, -0.25) is 4.79 Å². The number of aliphatic hydroxyl groups is 2. The molecule has 138 valence electrons. The van der Waals surface area contributed by atoms with Crippen molar-refractivity contribution >= 4 is 27.8 Å². The van der Waals surface area contributed by atoms with Crippen LogP contribution in [0.1, 0.15) is 10.4 Å². The van der Waals surface area contributed by atoms with E-state index in [4.69, 9.17) is 10.2 Å². The van der Waals surface area contributed by atoms with Crippen molar-refractivity contribution in [3.63, 3.8) is 0 Å². The molecule has 4 rings (SSSR count). The summed E-state index contributed by atoms with van der Waals surface area (Å²) < 4.78 is 1.97. The maximum atomic E-state index is 12.4. The van der Waals surface area contributed by atoms with Crippen LogP contribution in [0, 0.1) is 0 Å². The second-order valence-electron chi connectivity index (χ2n) is 6.55. The van der Waals surface area contributed by atoms with Gasteiger partial charge in [-0.25, -0.2) is 4.98 Å². The van der Waals surface area contributed by atoms with Crippen molar-refractivity contribution in [2.24, 2.45) is 7.05 Å². The standard InChI is InChI=1S/C20H20N4O3/c1-24-9-16(17-7-12-3-2-6-21-19(12)23-17)15-5-4-13(8-18(15)24)20(27)22-14(10-25)11-26/h2-9,14,25-26H,10-11H2,1H3,(H,21,23)(H,22,27). The van der Waals surface area contributed by atoms with Gasteiger partial charge in [-0.15, -0.1) is 0 Å². The van der Waals surface area contributed by atoms with Crippen molar-refractivity contribution < 1.29 is 15.0 Å². The maximum Gasteiger partial charge on any atom is 0.251 e. The first-order chi connectivity index (χ1) is 13.1. The number of aromatic amines is 1. The molecule has 3 heterocycles. The molecule has 0 atom stereocenters. The average molecular weight is 364 g/mol. The molecule has 0 spiro atoms. The lowest BCUT2D eigenvalue weighted by Crippen LogP contribution is -2.40. The molecule has 4 aromatic rings. The van der Waals surface area contributed by atoms with Crippen LogP contribution in [0.4, 0.5) is 0 Å². The third kappa shape index (κ3) is 3.07. The molecule has 0 saturated carbocycles. The Morgan fingerprint density at radius 3 is 2.81 bits per heavy atom. The minimum atomic E-state index is -0.670. The van der Waals surface area contributed by atoms with E-state index >= 15 is 0 Å². The molecular weight excluding hydrogens is 344 g/mol. The Balaban J connectivity index is 1.74. The highest BCUT2D eigenvalue weighted by Crippen LogP contribution is 2.31. The number of aromatic nitrogens is 3. The molecule has 7 heteroatoms. The summed E-state index contributed by atoms with van der Waals surface area (Å²) in [7, 11) is 1.93. The summed E-state index contributed by atoms with van der Waals surface area (Å²) in [5, 5.41) is 22.9. The number of carbonyl (C=O) groups excluding carboxylic acids is 1. The van der Waals surface area contributed by atoms with Crippen LogP contribution in [0.5, 0.6) is 0 Å². The largest absolute Gasteiger partial charge is 0.394 e. The lowest BCUT2D eigenvalue weighted by atomic mass is 10.1. The number of hydrogen-bond donors (Lipinski definition) is 4. The van der Waals surface area contributed by atoms with Gasteiger partial charge in [0.1, 0.15) is 5.65 Å². The van der Waals surface area contributed by atoms with E-state index in [1.54, 1.807) is 18.3 Å². The van der Waals surface area contributed by atoms with Gasteiger partial charge >= 0.3 is 0 Å². The Kier molecular flexibility index (Phi) is 4.39. The van der Waals surface area contributed by atoms with Gasteiger partial charge in [-0.2, -0.15) is 0 Å². The third-order valence-electron chi connectivity index (χ3n) is 4.71. The van der Waals surface area contributed by atoms with Crippen LogP contribution in [-0.4, -0.2) is 49.9 Å². The molecule has 27 heavy (non-hydrogen) atoms. The number of nitrogens with zero attached hydrogens (tertiary/aromatic N) is 2. The molecule has 0 bridgehead atoms. The lowest BCUT2D eigenvalue weighted by molar-refractivity contribution is 0.0879. The number of rotatable bonds is 5. The molecule has 1 amide bonds. The summed E-state index contributed by atoms with van der Waals surface area (Å²) in [6.45, 7) is -0.625. The van der Waals surface area contributed by atoms with E-state index in [-0.39, 0.29) is 19.1 Å². The Morgan fingerprint density at radius 2 is 2.07 bits per heavy atom. The first-order valence-corrected chi connectivity index (χ1v) is 8.66. The number of benzene rings is 1. The number of aliphatic hydroxyl groups excluding tert-OH is 2. The summed E-state index contributed by atoms with van der Waals surface area (Å²) >= 11 is 0. The monoisotopic (exact) mass is 364 g/mol. The number of carbonyl (C=O) groups is 1. The molecule has 0 radical (unpaired) electrons. The fraction of sp³-hybridized carbons (Fsp3) is 0.200. The van der Waals surface area contributed by atoms with Gasteiger partial charge < -0.3 is 25.1 Å². The van der Waals surface area contributed by atoms with Crippen molar-refractivity contribution in [3.05, 3.63) is 54.4 Å². The molecule has 3 aromatic heterocycles. The van der Waals surface area contributed by atoms with Crippen LogP contribution in [0.2, 0.25) is 0 Å². The lowest BCUT2D eigenvalue weighted by Gasteiger charge is -2.13. The van der Waals surface area contributed by atoms with E-state index in [1.165, 1.54) is 0 Å². The fourth-order valence-electron chi connectivity index (χ4n) is 3.26. The molecule has 0 saturated heterocycles. The van der Waals surface area contributed by atoms with Gasteiger partial charge in [0, 0.05) is 52.6 Å². The maximum absolute atomic E-state index is 12.4. The zero-order valence-corrected chi connectivity index (χ0v) is 14.8. The number of hydrogen-bond acceptors (Lipinski definition) is 4. The second kappa shape index (κ2) is 6.86. The molecule has 0 aliphatic heterocycles. The van der Waals surface area contributed by atoms with Gasteiger partial charge in [0.05, 0.1) is 19.3 Å². The average Bonchev–Trinajstić information content (AvgIpc) is 3.26. The van der Waals surface area contributed by atoms with Crippen LogP contribution < -0.4 is 5.32 Å². The molecule has 7 nitrogen and oxygen atoms in total. The molecule has 0 unspecified atom stereocenters. The molecule has 0 fully saturated rings. The van der Waals surface area contributed by atoms with Crippen LogP contribution in [0.15, 0.2) is 48.8 Å². The Bertz CT molecular complexity index is 1090. The summed E-state index contributed by atoms with van der Waals surface area (Å²) in [4.78, 5) is 20.0. The minimum absolute atomic E-state index is 0.312. The first-order valence-electron chi connectivity index (χ1n) is 8.66. The normalized spacial score (nSPS) is 11.6. The van der Waals surface area contributed by atoms with E-state index in [0.717, 1.165) is 33.2 Å². The van der Waals surface area contributed by atoms with E-state index in [9.17, 15) is 4.79 Å². The van der Waals surface area contributed by atoms with Crippen LogP contribution in [-0.2, 0) is 7.05 Å². The van der Waals surface area contributed by atoms with E-state index < -0.39 is 6.04 Å². The molecule has 1 aromatic carbocycles. The van der Waals surface area contributed by atoms with E-state index in [0.29, 0.717) is 5.56 Å². The highest BCUT2D eigenvalue weighted by molar-refractivity contribution is 6.02. The van der Waals surface area contributed by atoms with Crippen LogP contribution in [0.25, 0.3) is 33.2 Å². The predicted molar refractivity (Wildman–Crippen MR) is 103 cm³/mol. The van der Waals surface area contributed by atoms with Crippen molar-refractivity contribution in [2.45, 2.75) is 6.04 Å². The number of aryl methyl sites for hydroxylation is 1. The third-order valence-corrected chi connectivity index (χ3v) is 4.71. The SMILES string of the molecule is Cn1cc(-c2cc3cccnc3[nH]2)c2ccc(C(=O)NC(CO)CO)cc21. The zero-order valence-electron chi connectivity index (χ0n) is 14.8. The van der Waals surface area contributed by atoms with Gasteiger partial charge in [0.2, 0.25) is 0 Å². The second-order valence-corrected chi connectivity index (χ2v) is 6.55. The molecule has 0 aliphatic rings. The topological polar surface area (TPSA) is 103 Å². The van der Waals surface area contributed by atoms with Crippen LogP contribution in [0.3, 0.4) is 0 Å². The molecule has 0 aliphatic carbocycles. The number of amides is 1. The van der Waals surface area contributed by atoms with Crippen molar-refractivity contribution in [3.8, 4) is 11.3 Å². The summed E-state index contributed by atoms with van der Waals surface area (Å²) in [5.41, 5.74) is 4.21. The van der Waals surface area contributed by atoms with Gasteiger partial charge in [-0.05, 0) is 30.3 Å². The zero-order chi connectivity index (χ0) is 19.0. The van der Waals surface area contributed by atoms with Crippen molar-refractivity contribution in [1.82, 2.24) is 19.9 Å². The predicted octanol–water partition coefficient (Wildman–Crippen LogP) is 1.80. The Labute approximate surface area is 155 Å². The van der Waals surface area contributed by atoms with Gasteiger partial charge in [-0.1, -0.05) is 6.07 Å². The number of nitrogens with one attached hydrogen (secondary N) is 2. The summed E-state index contributed by atoms with van der Waals surface area (Å²) in [5.74, 6) is -0.331. The molecular formula is C20H20N4O3. The van der Waals surface area contributed by atoms with Crippen molar-refractivity contribution in [1.29, 1.82) is 0 Å². The number of H-pyrrole nitrogens is 1. The Morgan fingerprint density at radius 1 is 1.26 bits per heavy atom. The summed E-state index contributed by atoms with van der Waals surface area (Å²) in [6, 6.07) is 10.8. The highest BCUT2D eigenvalue weighted by Gasteiger charge is 2.16. The Hall–Kier alpha value is -3.16. The van der Waals surface area contributed by atoms with E-state index in [2.05, 4.69) is 21.4 Å². The highest BCUT2D eigenvalue weighted by atomic mass is 16.3. The van der Waals surface area contributed by atoms with Gasteiger partial charge in [0.15, 0.2) is 0 Å². The summed E-state index contributed by atoms with van der Waals surface area (Å²) in [6.07, 6.45) is 3.77. The van der Waals surface area contributed by atoms with Crippen molar-refractivity contribution in [2.75, 3.05) is 13.2 Å². The fourth-order valence-corrected chi connectivity index (χ4v) is 3.26. The molecule has 4 N–H and O–H groups in total. The smallest absolute Gasteiger partial charge is 0.251 e. The number of pyridine rings is 1. The van der Waals surface area contributed by atoms with E-state index in [1.807, 2.05) is 36.0 Å². The quantitative estimate of drug-likeness (QED) is 0.434. The number of fused-ring (bicyclic) bond motifs is 2. The first kappa shape index (κ1) is 17.3. The van der Waals surface area contributed by atoms with Gasteiger partial charge in [0.25, 0.3) is 5.91 Å². The minimum Gasteiger partial charge on any atom is -0.394 e.